The van der Waals surface area contributed by atoms with Crippen molar-refractivity contribution in [3.63, 3.8) is 0 Å². The molecule has 28 heavy (non-hydrogen) atoms. The molecule has 0 aliphatic carbocycles. The Bertz CT molecular complexity index is 1150. The Morgan fingerprint density at radius 2 is 2.00 bits per heavy atom. The minimum absolute atomic E-state index is 0.109. The molecule has 3 heterocycles. The van der Waals surface area contributed by atoms with Crippen molar-refractivity contribution in [3.8, 4) is 0 Å². The molecular weight excluding hydrogens is 420 g/mol. The third kappa shape index (κ3) is 3.43. The van der Waals surface area contributed by atoms with Crippen LogP contribution in [0.25, 0.3) is 4.96 Å². The summed E-state index contributed by atoms with van der Waals surface area (Å²) in [6.07, 6.45) is 4.50. The lowest BCUT2D eigenvalue weighted by Gasteiger charge is -2.26. The van der Waals surface area contributed by atoms with Crippen LogP contribution in [0.2, 0.25) is 5.15 Å². The van der Waals surface area contributed by atoms with Gasteiger partial charge in [-0.05, 0) is 37.5 Å². The second-order valence-corrected chi connectivity index (χ2v) is 9.84. The van der Waals surface area contributed by atoms with Crippen LogP contribution in [0, 0.1) is 6.92 Å². The number of fused-ring (bicyclic) bond motifs is 1. The van der Waals surface area contributed by atoms with E-state index in [-0.39, 0.29) is 15.7 Å². The SMILES string of the molecule is Cc1ccc(NC(=O)c2c(Cl)nc3sccn23)cc1S(=O)(=O)N1CCCCC1. The average molecular weight is 439 g/mol. The molecule has 7 nitrogen and oxygen atoms in total. The summed E-state index contributed by atoms with van der Waals surface area (Å²) in [5.74, 6) is -0.443. The number of nitrogens with zero attached hydrogens (tertiary/aromatic N) is 3. The molecule has 0 unspecified atom stereocenters. The number of nitrogens with one attached hydrogen (secondary N) is 1. The number of anilines is 1. The number of benzene rings is 1. The Balaban J connectivity index is 1.64. The second-order valence-electron chi connectivity index (χ2n) is 6.71. The molecule has 148 valence electrons. The average Bonchev–Trinajstić information content (AvgIpc) is 3.23. The molecule has 0 bridgehead atoms. The highest BCUT2D eigenvalue weighted by atomic mass is 35.5. The fourth-order valence-electron chi connectivity index (χ4n) is 3.35. The van der Waals surface area contributed by atoms with Gasteiger partial charge in [-0.1, -0.05) is 24.1 Å². The van der Waals surface area contributed by atoms with Gasteiger partial charge in [0.2, 0.25) is 10.0 Å². The van der Waals surface area contributed by atoms with E-state index in [1.807, 2.05) is 5.38 Å². The van der Waals surface area contributed by atoms with Gasteiger partial charge in [0.25, 0.3) is 5.91 Å². The molecular formula is C18H19ClN4O3S2. The van der Waals surface area contributed by atoms with Gasteiger partial charge in [0.05, 0.1) is 4.90 Å². The third-order valence-electron chi connectivity index (χ3n) is 4.81. The van der Waals surface area contributed by atoms with Gasteiger partial charge < -0.3 is 5.32 Å². The lowest BCUT2D eigenvalue weighted by molar-refractivity contribution is 0.102. The summed E-state index contributed by atoms with van der Waals surface area (Å²) < 4.78 is 29.2. The molecule has 1 saturated heterocycles. The van der Waals surface area contributed by atoms with Crippen LogP contribution in [-0.2, 0) is 10.0 Å². The van der Waals surface area contributed by atoms with E-state index in [2.05, 4.69) is 10.3 Å². The number of carbonyl (C=O) groups is 1. The van der Waals surface area contributed by atoms with Crippen LogP contribution in [0.15, 0.2) is 34.7 Å². The lowest BCUT2D eigenvalue weighted by atomic mass is 10.2. The van der Waals surface area contributed by atoms with Crippen LogP contribution in [0.5, 0.6) is 0 Å². The molecule has 1 aliphatic heterocycles. The minimum atomic E-state index is -3.60. The predicted molar refractivity (Wildman–Crippen MR) is 110 cm³/mol. The monoisotopic (exact) mass is 438 g/mol. The molecule has 0 saturated carbocycles. The smallest absolute Gasteiger partial charge is 0.275 e. The molecule has 1 aromatic carbocycles. The fraction of sp³-hybridized carbons (Fsp3) is 0.333. The zero-order chi connectivity index (χ0) is 19.9. The van der Waals surface area contributed by atoms with E-state index in [0.717, 1.165) is 19.3 Å². The van der Waals surface area contributed by atoms with Crippen LogP contribution in [0.3, 0.4) is 0 Å². The Morgan fingerprint density at radius 3 is 2.75 bits per heavy atom. The van der Waals surface area contributed by atoms with Gasteiger partial charge in [-0.25, -0.2) is 13.4 Å². The third-order valence-corrected chi connectivity index (χ3v) is 7.87. The molecule has 1 fully saturated rings. The first kappa shape index (κ1) is 19.4. The maximum Gasteiger partial charge on any atom is 0.275 e. The summed E-state index contributed by atoms with van der Waals surface area (Å²) >= 11 is 7.48. The Morgan fingerprint density at radius 1 is 1.25 bits per heavy atom. The number of halogens is 1. The summed E-state index contributed by atoms with van der Waals surface area (Å²) in [6, 6.07) is 4.89. The number of rotatable bonds is 4. The second kappa shape index (κ2) is 7.47. The zero-order valence-electron chi connectivity index (χ0n) is 15.2. The first-order valence-corrected chi connectivity index (χ1v) is 11.6. The van der Waals surface area contributed by atoms with Gasteiger partial charge in [-0.15, -0.1) is 11.3 Å². The first-order valence-electron chi connectivity index (χ1n) is 8.91. The van der Waals surface area contributed by atoms with Crippen LogP contribution < -0.4 is 5.32 Å². The number of amides is 1. The quantitative estimate of drug-likeness (QED) is 0.671. The van der Waals surface area contributed by atoms with Gasteiger partial charge in [0.1, 0.15) is 0 Å². The molecule has 10 heteroatoms. The summed E-state index contributed by atoms with van der Waals surface area (Å²) in [5.41, 5.74) is 1.26. The molecule has 1 aliphatic rings. The molecule has 0 atom stereocenters. The normalized spacial score (nSPS) is 15.8. The Hall–Kier alpha value is -1.94. The van der Waals surface area contributed by atoms with Crippen molar-refractivity contribution in [2.45, 2.75) is 31.1 Å². The highest BCUT2D eigenvalue weighted by Crippen LogP contribution is 2.27. The van der Waals surface area contributed by atoms with Crippen molar-refractivity contribution in [2.75, 3.05) is 18.4 Å². The molecule has 1 N–H and O–H groups in total. The fourth-order valence-corrected chi connectivity index (χ4v) is 6.14. The van der Waals surface area contributed by atoms with Crippen LogP contribution in [-0.4, -0.2) is 41.1 Å². The van der Waals surface area contributed by atoms with Gasteiger partial charge in [0.15, 0.2) is 15.8 Å². The van der Waals surface area contributed by atoms with Gasteiger partial charge in [0, 0.05) is 30.4 Å². The highest BCUT2D eigenvalue weighted by molar-refractivity contribution is 7.89. The van der Waals surface area contributed by atoms with E-state index in [9.17, 15) is 13.2 Å². The van der Waals surface area contributed by atoms with Crippen molar-refractivity contribution in [1.82, 2.24) is 13.7 Å². The van der Waals surface area contributed by atoms with Crippen molar-refractivity contribution in [3.05, 3.63) is 46.2 Å². The lowest BCUT2D eigenvalue weighted by Crippen LogP contribution is -2.36. The largest absolute Gasteiger partial charge is 0.321 e. The van der Waals surface area contributed by atoms with Gasteiger partial charge in [-0.2, -0.15) is 4.31 Å². The van der Waals surface area contributed by atoms with Crippen molar-refractivity contribution in [2.24, 2.45) is 0 Å². The van der Waals surface area contributed by atoms with Crippen molar-refractivity contribution < 1.29 is 13.2 Å². The van der Waals surface area contributed by atoms with E-state index >= 15 is 0 Å². The number of thiazole rings is 1. The number of carbonyl (C=O) groups excluding carboxylic acids is 1. The van der Waals surface area contributed by atoms with Crippen LogP contribution in [0.4, 0.5) is 5.69 Å². The minimum Gasteiger partial charge on any atom is -0.321 e. The number of hydrogen-bond donors (Lipinski definition) is 1. The van der Waals surface area contributed by atoms with E-state index in [4.69, 9.17) is 11.6 Å². The summed E-state index contributed by atoms with van der Waals surface area (Å²) in [6.45, 7) is 2.81. The molecule has 3 aromatic rings. The molecule has 0 spiro atoms. The van der Waals surface area contributed by atoms with E-state index in [0.29, 0.717) is 29.3 Å². The molecule has 2 aromatic heterocycles. The predicted octanol–water partition coefficient (Wildman–Crippen LogP) is 3.78. The number of aromatic nitrogens is 2. The number of imidazole rings is 1. The molecule has 0 radical (unpaired) electrons. The first-order chi connectivity index (χ1) is 13.4. The summed E-state index contributed by atoms with van der Waals surface area (Å²) in [4.78, 5) is 17.7. The molecule has 1 amide bonds. The van der Waals surface area contributed by atoms with Gasteiger partial charge >= 0.3 is 0 Å². The van der Waals surface area contributed by atoms with E-state index < -0.39 is 15.9 Å². The van der Waals surface area contributed by atoms with Crippen molar-refractivity contribution in [1.29, 1.82) is 0 Å². The standard InChI is InChI=1S/C18H19ClN4O3S2/c1-12-5-6-13(11-14(12)28(25,26)22-7-3-2-4-8-22)20-17(24)15-16(19)21-18-23(15)9-10-27-18/h5-6,9-11H,2-4,7-8H2,1H3,(H,20,24). The summed E-state index contributed by atoms with van der Waals surface area (Å²) in [5, 5.41) is 4.67. The van der Waals surface area contributed by atoms with E-state index in [1.165, 1.54) is 21.7 Å². The van der Waals surface area contributed by atoms with Crippen molar-refractivity contribution >= 4 is 49.5 Å². The van der Waals surface area contributed by atoms with Gasteiger partial charge in [-0.3, -0.25) is 9.20 Å². The molecule has 4 rings (SSSR count). The topological polar surface area (TPSA) is 83.8 Å². The van der Waals surface area contributed by atoms with E-state index in [1.54, 1.807) is 29.7 Å². The van der Waals surface area contributed by atoms with Crippen LogP contribution in [0.1, 0.15) is 35.3 Å². The number of piperidine rings is 1. The number of aryl methyl sites for hydroxylation is 1. The highest BCUT2D eigenvalue weighted by Gasteiger charge is 2.28. The van der Waals surface area contributed by atoms with Crippen LogP contribution >= 0.6 is 22.9 Å². The maximum atomic E-state index is 13.0. The number of sulfonamides is 1. The maximum absolute atomic E-state index is 13.0. The zero-order valence-corrected chi connectivity index (χ0v) is 17.6. The Kier molecular flexibility index (Phi) is 5.17. The summed E-state index contributed by atoms with van der Waals surface area (Å²) in [7, 11) is -3.60. The number of hydrogen-bond acceptors (Lipinski definition) is 5. The Labute approximate surface area is 172 Å².